The van der Waals surface area contributed by atoms with Gasteiger partial charge in [-0.05, 0) is 31.0 Å². The zero-order valence-corrected chi connectivity index (χ0v) is 18.2. The van der Waals surface area contributed by atoms with E-state index in [4.69, 9.17) is 9.47 Å². The third-order valence-corrected chi connectivity index (χ3v) is 5.75. The van der Waals surface area contributed by atoms with Crippen molar-refractivity contribution in [1.29, 1.82) is 0 Å². The topological polar surface area (TPSA) is 44.4 Å². The van der Waals surface area contributed by atoms with Crippen LogP contribution in [-0.4, -0.2) is 58.3 Å². The zero-order valence-electron chi connectivity index (χ0n) is 18.2. The molecule has 1 saturated heterocycles. The van der Waals surface area contributed by atoms with Gasteiger partial charge in [0.25, 0.3) is 0 Å². The monoisotopic (exact) mass is 412 g/mol. The van der Waals surface area contributed by atoms with Gasteiger partial charge in [-0.25, -0.2) is 0 Å². The fourth-order valence-electron chi connectivity index (χ4n) is 3.88. The van der Waals surface area contributed by atoms with Crippen molar-refractivity contribution in [2.45, 2.75) is 26.3 Å². The molecule has 2 aromatic rings. The number of quaternary nitrogens is 2. The van der Waals surface area contributed by atoms with Crippen LogP contribution in [0.1, 0.15) is 24.5 Å². The quantitative estimate of drug-likeness (QED) is 0.502. The minimum Gasteiger partial charge on any atom is -0.491 e. The molecule has 30 heavy (non-hydrogen) atoms. The summed E-state index contributed by atoms with van der Waals surface area (Å²) in [5.74, 6) is 1.08. The minimum atomic E-state index is 0.227. The molecule has 0 radical (unpaired) electrons. The van der Waals surface area contributed by atoms with Crippen molar-refractivity contribution in [3.8, 4) is 5.75 Å². The Morgan fingerprint density at radius 1 is 0.833 bits per heavy atom. The summed E-state index contributed by atoms with van der Waals surface area (Å²) in [6, 6.07) is 18.8. The Morgan fingerprint density at radius 3 is 2.23 bits per heavy atom. The number of carbonyl (C=O) groups excluding carboxylic acids is 1. The Balaban J connectivity index is 1.21. The van der Waals surface area contributed by atoms with Crippen LogP contribution < -0.4 is 14.5 Å². The molecule has 1 aliphatic heterocycles. The van der Waals surface area contributed by atoms with E-state index in [1.807, 2.05) is 24.3 Å². The second-order valence-corrected chi connectivity index (χ2v) is 8.22. The Bertz CT molecular complexity index is 741. The van der Waals surface area contributed by atoms with Gasteiger partial charge in [-0.15, -0.1) is 0 Å². The van der Waals surface area contributed by atoms with Crippen molar-refractivity contribution in [3.63, 3.8) is 0 Å². The van der Waals surface area contributed by atoms with Crippen LogP contribution in [0.4, 0.5) is 0 Å². The molecule has 0 aliphatic carbocycles. The first-order chi connectivity index (χ1) is 14.7. The highest BCUT2D eigenvalue weighted by Gasteiger charge is 2.22. The Labute approximate surface area is 180 Å². The molecule has 162 valence electrons. The number of ether oxygens (including phenoxy) is 2. The van der Waals surface area contributed by atoms with Crippen molar-refractivity contribution >= 4 is 5.78 Å². The van der Waals surface area contributed by atoms with E-state index < -0.39 is 0 Å². The molecule has 5 nitrogen and oxygen atoms in total. The highest BCUT2D eigenvalue weighted by molar-refractivity contribution is 5.75. The van der Waals surface area contributed by atoms with Crippen LogP contribution in [0, 0.1) is 0 Å². The fourth-order valence-corrected chi connectivity index (χ4v) is 3.88. The van der Waals surface area contributed by atoms with E-state index in [9.17, 15) is 4.79 Å². The summed E-state index contributed by atoms with van der Waals surface area (Å²) in [5, 5.41) is 0. The van der Waals surface area contributed by atoms with Crippen molar-refractivity contribution < 1.29 is 24.1 Å². The molecule has 5 heteroatoms. The standard InChI is InChI=1S/C25H34N2O3/c1-22(28)7-8-23-9-11-25(12-10-23)30-20-19-29-18-17-26-13-15-27(16-14-26)21-24-5-3-2-4-6-24/h2-6,9-12H,7-8,13-21H2,1H3/p+2. The molecule has 2 N–H and O–H groups in total. The number of ketones is 1. The van der Waals surface area contributed by atoms with Gasteiger partial charge >= 0.3 is 0 Å². The molecule has 1 aliphatic rings. The maximum absolute atomic E-state index is 11.1. The number of piperazine rings is 1. The van der Waals surface area contributed by atoms with E-state index in [1.165, 1.54) is 37.3 Å². The number of aryl methyl sites for hydroxylation is 1. The normalized spacial score (nSPS) is 18.8. The molecule has 0 aromatic heterocycles. The molecular formula is C25H36N2O3+2. The zero-order chi connectivity index (χ0) is 21.0. The lowest BCUT2D eigenvalue weighted by atomic mass is 10.1. The third kappa shape index (κ3) is 8.27. The lowest BCUT2D eigenvalue weighted by Crippen LogP contribution is -3.27. The van der Waals surface area contributed by atoms with Crippen LogP contribution in [0.3, 0.4) is 0 Å². The van der Waals surface area contributed by atoms with E-state index in [2.05, 4.69) is 30.3 Å². The van der Waals surface area contributed by atoms with E-state index in [0.717, 1.165) is 31.9 Å². The SMILES string of the molecule is CC(=O)CCc1ccc(OCCOCC[NH+]2CC[NH+](Cc3ccccc3)CC2)cc1. The molecule has 1 heterocycles. The molecule has 0 bridgehead atoms. The number of nitrogens with one attached hydrogen (secondary N) is 2. The predicted molar refractivity (Wildman–Crippen MR) is 118 cm³/mol. The maximum atomic E-state index is 11.1. The maximum Gasteiger partial charge on any atom is 0.130 e. The number of hydrogen-bond acceptors (Lipinski definition) is 3. The molecule has 0 unspecified atom stereocenters. The number of carbonyl (C=O) groups is 1. The van der Waals surface area contributed by atoms with Crippen LogP contribution in [0.2, 0.25) is 0 Å². The summed E-state index contributed by atoms with van der Waals surface area (Å²) in [5.41, 5.74) is 2.60. The van der Waals surface area contributed by atoms with Crippen molar-refractivity contribution in [1.82, 2.24) is 0 Å². The van der Waals surface area contributed by atoms with E-state index in [1.54, 1.807) is 16.7 Å². The summed E-state index contributed by atoms with van der Waals surface area (Å²) in [6.45, 7) is 10.7. The summed E-state index contributed by atoms with van der Waals surface area (Å²) in [6.07, 6.45) is 1.39. The van der Waals surface area contributed by atoms with Crippen molar-refractivity contribution in [3.05, 3.63) is 65.7 Å². The average Bonchev–Trinajstić information content (AvgIpc) is 2.77. The lowest BCUT2D eigenvalue weighted by Gasteiger charge is -2.29. The third-order valence-electron chi connectivity index (χ3n) is 5.75. The minimum absolute atomic E-state index is 0.227. The van der Waals surface area contributed by atoms with Crippen LogP contribution in [0.5, 0.6) is 5.75 Å². The van der Waals surface area contributed by atoms with E-state index in [-0.39, 0.29) is 5.78 Å². The van der Waals surface area contributed by atoms with Crippen molar-refractivity contribution in [2.24, 2.45) is 0 Å². The van der Waals surface area contributed by atoms with Gasteiger partial charge in [0, 0.05) is 12.0 Å². The average molecular weight is 413 g/mol. The first-order valence-electron chi connectivity index (χ1n) is 11.2. The van der Waals surface area contributed by atoms with Gasteiger partial charge in [-0.3, -0.25) is 0 Å². The largest absolute Gasteiger partial charge is 0.491 e. The molecule has 0 spiro atoms. The Kier molecular flexibility index (Phi) is 9.35. The fraction of sp³-hybridized carbons (Fsp3) is 0.480. The smallest absolute Gasteiger partial charge is 0.130 e. The van der Waals surface area contributed by atoms with E-state index in [0.29, 0.717) is 19.6 Å². The summed E-state index contributed by atoms with van der Waals surface area (Å²) < 4.78 is 11.5. The number of Topliss-reactive ketones (excluding diaryl/α,β-unsaturated/α-hetero) is 1. The highest BCUT2D eigenvalue weighted by Crippen LogP contribution is 2.13. The molecule has 1 fully saturated rings. The number of hydrogen-bond donors (Lipinski definition) is 2. The second-order valence-electron chi connectivity index (χ2n) is 8.22. The van der Waals surface area contributed by atoms with Gasteiger partial charge in [-0.1, -0.05) is 42.5 Å². The number of rotatable bonds is 12. The highest BCUT2D eigenvalue weighted by atomic mass is 16.5. The lowest BCUT2D eigenvalue weighted by molar-refractivity contribution is -1.02. The van der Waals surface area contributed by atoms with Crippen LogP contribution >= 0.6 is 0 Å². The molecule has 0 atom stereocenters. The van der Waals surface area contributed by atoms with Crippen LogP contribution in [0.15, 0.2) is 54.6 Å². The van der Waals surface area contributed by atoms with Gasteiger partial charge in [0.05, 0.1) is 13.2 Å². The first kappa shape index (κ1) is 22.5. The van der Waals surface area contributed by atoms with Gasteiger partial charge in [-0.2, -0.15) is 0 Å². The number of benzene rings is 2. The molecule has 3 rings (SSSR count). The molecule has 0 amide bonds. The van der Waals surface area contributed by atoms with Gasteiger partial charge in [0.2, 0.25) is 0 Å². The first-order valence-corrected chi connectivity index (χ1v) is 11.2. The van der Waals surface area contributed by atoms with E-state index >= 15 is 0 Å². The molecule has 2 aromatic carbocycles. The molecular weight excluding hydrogens is 376 g/mol. The van der Waals surface area contributed by atoms with Crippen LogP contribution in [-0.2, 0) is 22.5 Å². The summed E-state index contributed by atoms with van der Waals surface area (Å²) >= 11 is 0. The van der Waals surface area contributed by atoms with Gasteiger partial charge < -0.3 is 24.1 Å². The summed E-state index contributed by atoms with van der Waals surface area (Å²) in [7, 11) is 0. The second kappa shape index (κ2) is 12.5. The Hall–Kier alpha value is -2.21. The Morgan fingerprint density at radius 2 is 1.53 bits per heavy atom. The van der Waals surface area contributed by atoms with Crippen LogP contribution in [0.25, 0.3) is 0 Å². The van der Waals surface area contributed by atoms with Gasteiger partial charge in [0.1, 0.15) is 57.4 Å². The van der Waals surface area contributed by atoms with Crippen molar-refractivity contribution in [2.75, 3.05) is 52.5 Å². The van der Waals surface area contributed by atoms with Gasteiger partial charge in [0.15, 0.2) is 0 Å². The summed E-state index contributed by atoms with van der Waals surface area (Å²) in [4.78, 5) is 14.4. The predicted octanol–water partition coefficient (Wildman–Crippen LogP) is 0.587. The molecule has 0 saturated carbocycles.